The molecule has 3 nitrogen and oxygen atoms in total. The number of aliphatic hydroxyl groups is 1. The largest absolute Gasteiger partial charge is 0.388 e. The van der Waals surface area contributed by atoms with Gasteiger partial charge in [-0.3, -0.25) is 0 Å². The van der Waals surface area contributed by atoms with Crippen LogP contribution in [-0.2, 0) is 4.74 Å². The Labute approximate surface area is 95.1 Å². The maximum atomic E-state index is 10.1. The number of fused-ring (bicyclic) bond motifs is 1. The highest BCUT2D eigenvalue weighted by Crippen LogP contribution is 2.25. The van der Waals surface area contributed by atoms with Crippen molar-refractivity contribution >= 4 is 10.9 Å². The van der Waals surface area contributed by atoms with Gasteiger partial charge in [-0.15, -0.1) is 0 Å². The van der Waals surface area contributed by atoms with E-state index in [1.54, 1.807) is 7.11 Å². The molecule has 0 fully saturated rings. The molecule has 2 N–H and O–H groups in total. The van der Waals surface area contributed by atoms with Gasteiger partial charge in [0.1, 0.15) is 0 Å². The molecule has 0 aliphatic rings. The quantitative estimate of drug-likeness (QED) is 0.829. The Morgan fingerprint density at radius 3 is 2.94 bits per heavy atom. The van der Waals surface area contributed by atoms with Crippen LogP contribution in [0, 0.1) is 5.92 Å². The Morgan fingerprint density at radius 2 is 2.19 bits per heavy atom. The molecule has 0 radical (unpaired) electrons. The van der Waals surface area contributed by atoms with E-state index in [1.165, 1.54) is 0 Å². The predicted molar refractivity (Wildman–Crippen MR) is 64.3 cm³/mol. The number of aromatic nitrogens is 1. The van der Waals surface area contributed by atoms with Gasteiger partial charge in [-0.25, -0.2) is 0 Å². The Balaban J connectivity index is 2.24. The topological polar surface area (TPSA) is 45.2 Å². The van der Waals surface area contributed by atoms with Gasteiger partial charge in [0.05, 0.1) is 12.7 Å². The number of aromatic amines is 1. The highest BCUT2D eigenvalue weighted by molar-refractivity contribution is 5.80. The second-order valence-corrected chi connectivity index (χ2v) is 4.20. The molecular weight excluding hydrogens is 202 g/mol. The van der Waals surface area contributed by atoms with E-state index in [0.717, 1.165) is 16.5 Å². The summed E-state index contributed by atoms with van der Waals surface area (Å²) < 4.78 is 5.05. The number of nitrogens with one attached hydrogen (secondary N) is 1. The molecule has 2 unspecified atom stereocenters. The summed E-state index contributed by atoms with van der Waals surface area (Å²) >= 11 is 0. The first-order valence-corrected chi connectivity index (χ1v) is 5.46. The lowest BCUT2D eigenvalue weighted by molar-refractivity contribution is 0.0567. The van der Waals surface area contributed by atoms with Crippen LogP contribution in [-0.4, -0.2) is 23.8 Å². The lowest BCUT2D eigenvalue weighted by Gasteiger charge is -2.18. The standard InChI is InChI=1S/C13H17NO2/c1-9(8-16-2)13(15)11-3-4-12-10(7-11)5-6-14-12/h3-7,9,13-15H,8H2,1-2H3. The van der Waals surface area contributed by atoms with E-state index in [9.17, 15) is 5.11 Å². The minimum Gasteiger partial charge on any atom is -0.388 e. The van der Waals surface area contributed by atoms with Crippen molar-refractivity contribution in [2.45, 2.75) is 13.0 Å². The van der Waals surface area contributed by atoms with Gasteiger partial charge in [-0.05, 0) is 29.1 Å². The molecule has 2 rings (SSSR count). The molecule has 2 atom stereocenters. The third-order valence-electron chi connectivity index (χ3n) is 2.89. The number of hydrogen-bond acceptors (Lipinski definition) is 2. The molecule has 1 aromatic carbocycles. The fraction of sp³-hybridized carbons (Fsp3) is 0.385. The summed E-state index contributed by atoms with van der Waals surface area (Å²) in [6.07, 6.45) is 1.43. The van der Waals surface area contributed by atoms with E-state index in [0.29, 0.717) is 6.61 Å². The van der Waals surface area contributed by atoms with Crippen molar-refractivity contribution in [3.63, 3.8) is 0 Å². The minimum atomic E-state index is -0.473. The second kappa shape index (κ2) is 4.68. The Bertz CT molecular complexity index is 464. The molecule has 0 saturated carbocycles. The van der Waals surface area contributed by atoms with Crippen molar-refractivity contribution in [1.29, 1.82) is 0 Å². The van der Waals surface area contributed by atoms with Crippen LogP contribution in [0.5, 0.6) is 0 Å². The van der Waals surface area contributed by atoms with Crippen molar-refractivity contribution < 1.29 is 9.84 Å². The number of H-pyrrole nitrogens is 1. The summed E-state index contributed by atoms with van der Waals surface area (Å²) in [7, 11) is 1.65. The highest BCUT2D eigenvalue weighted by Gasteiger charge is 2.16. The van der Waals surface area contributed by atoms with E-state index in [4.69, 9.17) is 4.74 Å². The van der Waals surface area contributed by atoms with Crippen LogP contribution in [0.15, 0.2) is 30.5 Å². The average Bonchev–Trinajstić information content (AvgIpc) is 2.75. The Kier molecular flexibility index (Phi) is 3.27. The van der Waals surface area contributed by atoms with Crippen LogP contribution in [0.1, 0.15) is 18.6 Å². The average molecular weight is 219 g/mol. The first kappa shape index (κ1) is 11.2. The Morgan fingerprint density at radius 1 is 1.38 bits per heavy atom. The number of benzene rings is 1. The van der Waals surface area contributed by atoms with Crippen LogP contribution in [0.2, 0.25) is 0 Å². The number of aliphatic hydroxyl groups excluding tert-OH is 1. The first-order chi connectivity index (χ1) is 7.72. The third kappa shape index (κ3) is 2.10. The van der Waals surface area contributed by atoms with Crippen LogP contribution in [0.4, 0.5) is 0 Å². The lowest BCUT2D eigenvalue weighted by atomic mass is 9.97. The summed E-state index contributed by atoms with van der Waals surface area (Å²) in [4.78, 5) is 3.13. The lowest BCUT2D eigenvalue weighted by Crippen LogP contribution is -2.14. The van der Waals surface area contributed by atoms with Crippen molar-refractivity contribution in [3.05, 3.63) is 36.0 Å². The summed E-state index contributed by atoms with van der Waals surface area (Å²) in [6.45, 7) is 2.54. The van der Waals surface area contributed by atoms with Gasteiger partial charge in [0, 0.05) is 24.7 Å². The van der Waals surface area contributed by atoms with E-state index in [1.807, 2.05) is 37.4 Å². The van der Waals surface area contributed by atoms with Gasteiger partial charge in [-0.1, -0.05) is 13.0 Å². The van der Waals surface area contributed by atoms with Gasteiger partial charge in [0.2, 0.25) is 0 Å². The molecule has 0 bridgehead atoms. The molecule has 3 heteroatoms. The third-order valence-corrected chi connectivity index (χ3v) is 2.89. The summed E-state index contributed by atoms with van der Waals surface area (Å²) in [6, 6.07) is 7.97. The van der Waals surface area contributed by atoms with Crippen molar-refractivity contribution in [3.8, 4) is 0 Å². The molecule has 0 aliphatic heterocycles. The molecule has 1 aromatic heterocycles. The molecule has 0 spiro atoms. The zero-order chi connectivity index (χ0) is 11.5. The maximum Gasteiger partial charge on any atom is 0.0837 e. The maximum absolute atomic E-state index is 10.1. The van der Waals surface area contributed by atoms with Crippen molar-refractivity contribution in [2.75, 3.05) is 13.7 Å². The molecule has 2 aromatic rings. The normalized spacial score (nSPS) is 15.2. The molecule has 0 amide bonds. The molecule has 16 heavy (non-hydrogen) atoms. The fourth-order valence-corrected chi connectivity index (χ4v) is 1.94. The van der Waals surface area contributed by atoms with Crippen LogP contribution >= 0.6 is 0 Å². The van der Waals surface area contributed by atoms with Gasteiger partial charge in [0.25, 0.3) is 0 Å². The van der Waals surface area contributed by atoms with E-state index in [-0.39, 0.29) is 5.92 Å². The van der Waals surface area contributed by atoms with E-state index >= 15 is 0 Å². The summed E-state index contributed by atoms with van der Waals surface area (Å²) in [5.41, 5.74) is 2.03. The van der Waals surface area contributed by atoms with Gasteiger partial charge in [-0.2, -0.15) is 0 Å². The van der Waals surface area contributed by atoms with Gasteiger partial charge >= 0.3 is 0 Å². The highest BCUT2D eigenvalue weighted by atomic mass is 16.5. The molecule has 0 saturated heterocycles. The number of hydrogen-bond donors (Lipinski definition) is 2. The monoisotopic (exact) mass is 219 g/mol. The first-order valence-electron chi connectivity index (χ1n) is 5.46. The van der Waals surface area contributed by atoms with E-state index < -0.39 is 6.10 Å². The number of ether oxygens (including phenoxy) is 1. The van der Waals surface area contributed by atoms with Gasteiger partial charge < -0.3 is 14.8 Å². The van der Waals surface area contributed by atoms with Crippen molar-refractivity contribution in [1.82, 2.24) is 4.98 Å². The molecule has 0 aliphatic carbocycles. The fourth-order valence-electron chi connectivity index (χ4n) is 1.94. The molecule has 1 heterocycles. The van der Waals surface area contributed by atoms with Crippen LogP contribution in [0.25, 0.3) is 10.9 Å². The number of rotatable bonds is 4. The molecular formula is C13H17NO2. The minimum absolute atomic E-state index is 0.0985. The smallest absolute Gasteiger partial charge is 0.0837 e. The summed E-state index contributed by atoms with van der Waals surface area (Å²) in [5, 5.41) is 11.3. The molecule has 86 valence electrons. The van der Waals surface area contributed by atoms with Crippen LogP contribution in [0.3, 0.4) is 0 Å². The second-order valence-electron chi connectivity index (χ2n) is 4.20. The Hall–Kier alpha value is -1.32. The zero-order valence-corrected chi connectivity index (χ0v) is 9.60. The zero-order valence-electron chi connectivity index (χ0n) is 9.60. The van der Waals surface area contributed by atoms with Crippen molar-refractivity contribution in [2.24, 2.45) is 5.92 Å². The summed E-state index contributed by atoms with van der Waals surface area (Å²) in [5.74, 6) is 0.0985. The van der Waals surface area contributed by atoms with Crippen LogP contribution < -0.4 is 0 Å². The number of methoxy groups -OCH3 is 1. The SMILES string of the molecule is COCC(C)C(O)c1ccc2[nH]ccc2c1. The van der Waals surface area contributed by atoms with E-state index in [2.05, 4.69) is 4.98 Å². The predicted octanol–water partition coefficient (Wildman–Crippen LogP) is 2.48. The van der Waals surface area contributed by atoms with Gasteiger partial charge in [0.15, 0.2) is 0 Å².